The molecule has 0 aliphatic heterocycles. The second-order valence-electron chi connectivity index (χ2n) is 4.59. The Morgan fingerprint density at radius 1 is 1.14 bits per heavy atom. The van der Waals surface area contributed by atoms with Crippen LogP contribution in [0.3, 0.4) is 0 Å². The van der Waals surface area contributed by atoms with E-state index in [-0.39, 0.29) is 5.75 Å². The Bertz CT molecular complexity index is 768. The number of methoxy groups -OCH3 is 1. The Hall–Kier alpha value is -2.82. The minimum absolute atomic E-state index is 0.135. The molecule has 3 aromatic rings. The van der Waals surface area contributed by atoms with Crippen LogP contribution in [0.15, 0.2) is 54.9 Å². The number of hydrogen-bond acceptors (Lipinski definition) is 3. The van der Waals surface area contributed by atoms with Gasteiger partial charge in [-0.15, -0.1) is 0 Å². The van der Waals surface area contributed by atoms with Crippen LogP contribution in [0, 0.1) is 5.82 Å². The lowest BCUT2D eigenvalue weighted by Crippen LogP contribution is -2.02. The highest BCUT2D eigenvalue weighted by Gasteiger charge is 2.11. The van der Waals surface area contributed by atoms with Gasteiger partial charge in [-0.3, -0.25) is 0 Å². The zero-order valence-electron chi connectivity index (χ0n) is 11.5. The van der Waals surface area contributed by atoms with Crippen LogP contribution >= 0.6 is 0 Å². The molecule has 3 rings (SSSR count). The summed E-state index contributed by atoms with van der Waals surface area (Å²) in [6, 6.07) is 12.6. The third-order valence-electron chi connectivity index (χ3n) is 3.24. The van der Waals surface area contributed by atoms with Crippen LogP contribution in [0.2, 0.25) is 0 Å². The third kappa shape index (κ3) is 2.45. The van der Waals surface area contributed by atoms with Crippen molar-refractivity contribution in [2.45, 2.75) is 0 Å². The number of nitrogen functional groups attached to an aromatic ring is 1. The largest absolute Gasteiger partial charge is 0.494 e. The van der Waals surface area contributed by atoms with Gasteiger partial charge in [0.15, 0.2) is 11.6 Å². The van der Waals surface area contributed by atoms with Crippen LogP contribution in [0.4, 0.5) is 10.1 Å². The van der Waals surface area contributed by atoms with Crippen molar-refractivity contribution in [3.05, 3.63) is 60.7 Å². The number of benzene rings is 2. The monoisotopic (exact) mass is 283 g/mol. The lowest BCUT2D eigenvalue weighted by molar-refractivity contribution is 0.386. The minimum atomic E-state index is -0.491. The fourth-order valence-electron chi connectivity index (χ4n) is 2.15. The topological polar surface area (TPSA) is 53.1 Å². The van der Waals surface area contributed by atoms with Crippen molar-refractivity contribution < 1.29 is 9.13 Å². The first-order valence-corrected chi connectivity index (χ1v) is 6.42. The van der Waals surface area contributed by atoms with Crippen LogP contribution < -0.4 is 10.5 Å². The first-order chi connectivity index (χ1) is 10.2. The zero-order chi connectivity index (χ0) is 14.8. The van der Waals surface area contributed by atoms with E-state index >= 15 is 0 Å². The van der Waals surface area contributed by atoms with Crippen molar-refractivity contribution in [2.24, 2.45) is 0 Å². The van der Waals surface area contributed by atoms with Gasteiger partial charge in [-0.1, -0.05) is 30.3 Å². The molecule has 0 spiro atoms. The van der Waals surface area contributed by atoms with Gasteiger partial charge in [0.05, 0.1) is 24.7 Å². The highest BCUT2D eigenvalue weighted by Crippen LogP contribution is 2.28. The van der Waals surface area contributed by atoms with E-state index in [2.05, 4.69) is 5.10 Å². The second kappa shape index (κ2) is 5.28. The Labute approximate surface area is 121 Å². The summed E-state index contributed by atoms with van der Waals surface area (Å²) in [5.74, 6) is -0.356. The van der Waals surface area contributed by atoms with Crippen molar-refractivity contribution >= 4 is 5.69 Å². The molecule has 0 saturated carbocycles. The molecule has 0 atom stereocenters. The Morgan fingerprint density at radius 3 is 2.62 bits per heavy atom. The molecule has 0 saturated heterocycles. The number of halogens is 1. The lowest BCUT2D eigenvalue weighted by Gasteiger charge is -2.09. The number of hydrogen-bond donors (Lipinski definition) is 1. The summed E-state index contributed by atoms with van der Waals surface area (Å²) in [4.78, 5) is 0. The predicted molar refractivity (Wildman–Crippen MR) is 79.9 cm³/mol. The molecule has 0 aliphatic carbocycles. The Balaban J connectivity index is 2.04. The van der Waals surface area contributed by atoms with Gasteiger partial charge in [-0.05, 0) is 5.56 Å². The molecule has 0 fully saturated rings. The Morgan fingerprint density at radius 2 is 1.90 bits per heavy atom. The van der Waals surface area contributed by atoms with Crippen LogP contribution in [-0.4, -0.2) is 16.9 Å². The average Bonchev–Trinajstić information content (AvgIpc) is 2.98. The molecule has 2 N–H and O–H groups in total. The molecular weight excluding hydrogens is 269 g/mol. The molecule has 1 aromatic heterocycles. The third-order valence-corrected chi connectivity index (χ3v) is 3.24. The molecule has 5 heteroatoms. The highest BCUT2D eigenvalue weighted by atomic mass is 19.1. The molecule has 0 bridgehead atoms. The van der Waals surface area contributed by atoms with E-state index in [4.69, 9.17) is 10.5 Å². The number of aromatic nitrogens is 2. The minimum Gasteiger partial charge on any atom is -0.494 e. The molecule has 4 nitrogen and oxygen atoms in total. The molecule has 1 heterocycles. The summed E-state index contributed by atoms with van der Waals surface area (Å²) in [5, 5.41) is 4.29. The van der Waals surface area contributed by atoms with Gasteiger partial charge in [-0.25, -0.2) is 9.07 Å². The lowest BCUT2D eigenvalue weighted by atomic mass is 10.1. The normalized spacial score (nSPS) is 10.6. The first kappa shape index (κ1) is 13.2. The van der Waals surface area contributed by atoms with E-state index in [1.165, 1.54) is 19.2 Å². The van der Waals surface area contributed by atoms with E-state index in [9.17, 15) is 4.39 Å². The van der Waals surface area contributed by atoms with Gasteiger partial charge in [0.1, 0.15) is 0 Å². The molecular formula is C16H14FN3O. The maximum atomic E-state index is 13.6. The fraction of sp³-hybridized carbons (Fsp3) is 0.0625. The van der Waals surface area contributed by atoms with E-state index in [1.807, 2.05) is 36.5 Å². The zero-order valence-corrected chi connectivity index (χ0v) is 11.5. The smallest absolute Gasteiger partial charge is 0.167 e. The number of nitrogens with zero attached hydrogens (tertiary/aromatic N) is 2. The van der Waals surface area contributed by atoms with Crippen LogP contribution in [0.1, 0.15) is 0 Å². The van der Waals surface area contributed by atoms with Crippen molar-refractivity contribution in [1.29, 1.82) is 0 Å². The van der Waals surface area contributed by atoms with Gasteiger partial charge in [0.2, 0.25) is 0 Å². The molecule has 0 radical (unpaired) electrons. The first-order valence-electron chi connectivity index (χ1n) is 6.42. The molecule has 0 unspecified atom stereocenters. The summed E-state index contributed by atoms with van der Waals surface area (Å²) in [7, 11) is 1.41. The Kier molecular flexibility index (Phi) is 3.31. The molecule has 0 amide bonds. The van der Waals surface area contributed by atoms with E-state index in [0.29, 0.717) is 11.4 Å². The number of nitrogens with two attached hydrogens (primary N) is 1. The summed E-state index contributed by atoms with van der Waals surface area (Å²) >= 11 is 0. The van der Waals surface area contributed by atoms with E-state index in [0.717, 1.165) is 11.1 Å². The molecule has 2 aromatic carbocycles. The van der Waals surface area contributed by atoms with Gasteiger partial charge >= 0.3 is 0 Å². The van der Waals surface area contributed by atoms with Crippen LogP contribution in [0.25, 0.3) is 16.8 Å². The molecule has 21 heavy (non-hydrogen) atoms. The number of ether oxygens (including phenoxy) is 1. The summed E-state index contributed by atoms with van der Waals surface area (Å²) in [6.45, 7) is 0. The summed E-state index contributed by atoms with van der Waals surface area (Å²) in [6.07, 6.45) is 3.59. The van der Waals surface area contributed by atoms with Crippen molar-refractivity contribution in [1.82, 2.24) is 9.78 Å². The SMILES string of the molecule is COc1cc(-n2cc(-c3ccccc3)cn2)c(N)cc1F. The van der Waals surface area contributed by atoms with Crippen LogP contribution in [0.5, 0.6) is 5.75 Å². The summed E-state index contributed by atoms with van der Waals surface area (Å²) in [5.41, 5.74) is 8.76. The maximum Gasteiger partial charge on any atom is 0.167 e. The molecule has 0 aliphatic rings. The highest BCUT2D eigenvalue weighted by molar-refractivity contribution is 5.65. The van der Waals surface area contributed by atoms with Gasteiger partial charge in [0, 0.05) is 23.9 Å². The van der Waals surface area contributed by atoms with Crippen LogP contribution in [-0.2, 0) is 0 Å². The quantitative estimate of drug-likeness (QED) is 0.751. The van der Waals surface area contributed by atoms with Gasteiger partial charge < -0.3 is 10.5 Å². The number of anilines is 1. The second-order valence-corrected chi connectivity index (χ2v) is 4.59. The average molecular weight is 283 g/mol. The fourth-order valence-corrected chi connectivity index (χ4v) is 2.15. The van der Waals surface area contributed by atoms with E-state index in [1.54, 1.807) is 10.9 Å². The van der Waals surface area contributed by atoms with E-state index < -0.39 is 5.82 Å². The number of rotatable bonds is 3. The van der Waals surface area contributed by atoms with Crippen molar-refractivity contribution in [3.63, 3.8) is 0 Å². The standard InChI is InChI=1S/C16H14FN3O/c1-21-16-8-15(14(18)7-13(16)17)20-10-12(9-19-20)11-5-3-2-4-6-11/h2-10H,18H2,1H3. The van der Waals surface area contributed by atoms with Gasteiger partial charge in [0.25, 0.3) is 0 Å². The van der Waals surface area contributed by atoms with Crippen molar-refractivity contribution in [2.75, 3.05) is 12.8 Å². The van der Waals surface area contributed by atoms with Crippen molar-refractivity contribution in [3.8, 4) is 22.6 Å². The molecule has 106 valence electrons. The summed E-state index contributed by atoms with van der Waals surface area (Å²) < 4.78 is 20.2. The van der Waals surface area contributed by atoms with Gasteiger partial charge in [-0.2, -0.15) is 5.10 Å². The maximum absolute atomic E-state index is 13.6. The predicted octanol–water partition coefficient (Wildman–Crippen LogP) is 3.27.